The lowest BCUT2D eigenvalue weighted by Gasteiger charge is -2.33. The number of nitrogens with two attached hydrogens (primary N) is 1. The maximum Gasteiger partial charge on any atom is 0.220 e. The van der Waals surface area contributed by atoms with Gasteiger partial charge in [0.1, 0.15) is 5.82 Å². The maximum atomic E-state index is 13.3. The van der Waals surface area contributed by atoms with Crippen LogP contribution in [-0.2, 0) is 6.54 Å². The molecule has 1 atom stereocenters. The Morgan fingerprint density at radius 1 is 1.15 bits per heavy atom. The number of hydrogen-bond acceptors (Lipinski definition) is 5. The lowest BCUT2D eigenvalue weighted by atomic mass is 9.89. The monoisotopic (exact) mass is 363 g/mol. The van der Waals surface area contributed by atoms with Crippen molar-refractivity contribution < 1.29 is 4.39 Å². The third-order valence-electron chi connectivity index (χ3n) is 5.01. The Morgan fingerprint density at radius 2 is 2.00 bits per heavy atom. The highest BCUT2D eigenvalue weighted by atomic mass is 19.1. The molecule has 2 N–H and O–H groups in total. The Bertz CT molecular complexity index is 898. The van der Waals surface area contributed by atoms with Gasteiger partial charge in [-0.2, -0.15) is 0 Å². The molecule has 1 saturated heterocycles. The molecule has 0 radical (unpaired) electrons. The fraction of sp³-hybridized carbons (Fsp3) is 0.286. The molecular formula is C21H22FN5. The first-order valence-electron chi connectivity index (χ1n) is 9.18. The standard InChI is InChI=1S/C21H22FN5/c22-18-7-5-16(6-8-18)19-12-25-21(23)26-20(19)17-4-2-10-27(14-17)13-15-3-1-9-24-11-15/h1,3,5-9,11-12,17H,2,4,10,13-14H2,(H2,23,25,26). The fourth-order valence-electron chi connectivity index (χ4n) is 3.74. The molecule has 4 rings (SSSR count). The van der Waals surface area contributed by atoms with Crippen LogP contribution < -0.4 is 5.73 Å². The van der Waals surface area contributed by atoms with E-state index in [0.717, 1.165) is 49.3 Å². The Labute approximate surface area is 158 Å². The molecule has 1 fully saturated rings. The minimum atomic E-state index is -0.253. The number of pyridine rings is 1. The number of hydrogen-bond donors (Lipinski definition) is 1. The van der Waals surface area contributed by atoms with E-state index in [4.69, 9.17) is 5.73 Å². The molecule has 3 aromatic rings. The summed E-state index contributed by atoms with van der Waals surface area (Å²) in [5, 5.41) is 0. The van der Waals surface area contributed by atoms with Crippen molar-refractivity contribution in [2.45, 2.75) is 25.3 Å². The number of nitrogen functional groups attached to an aromatic ring is 1. The fourth-order valence-corrected chi connectivity index (χ4v) is 3.74. The van der Waals surface area contributed by atoms with E-state index in [9.17, 15) is 4.39 Å². The van der Waals surface area contributed by atoms with E-state index in [0.29, 0.717) is 0 Å². The lowest BCUT2D eigenvalue weighted by Crippen LogP contribution is -2.34. The minimum Gasteiger partial charge on any atom is -0.368 e. The SMILES string of the molecule is Nc1ncc(-c2ccc(F)cc2)c(C2CCCN(Cc3cccnc3)C2)n1. The van der Waals surface area contributed by atoms with E-state index in [1.807, 2.05) is 12.3 Å². The average molecular weight is 363 g/mol. The quantitative estimate of drug-likeness (QED) is 0.766. The van der Waals surface area contributed by atoms with Crippen molar-refractivity contribution >= 4 is 5.95 Å². The summed E-state index contributed by atoms with van der Waals surface area (Å²) >= 11 is 0. The zero-order chi connectivity index (χ0) is 18.6. The minimum absolute atomic E-state index is 0.253. The Kier molecular flexibility index (Phi) is 5.07. The molecule has 3 heterocycles. The van der Waals surface area contributed by atoms with Crippen LogP contribution in [-0.4, -0.2) is 32.9 Å². The average Bonchev–Trinajstić information content (AvgIpc) is 2.70. The predicted octanol–water partition coefficient (Wildman–Crippen LogP) is 3.64. The molecule has 0 bridgehead atoms. The van der Waals surface area contributed by atoms with Gasteiger partial charge < -0.3 is 5.73 Å². The van der Waals surface area contributed by atoms with Gasteiger partial charge >= 0.3 is 0 Å². The number of halogens is 1. The third-order valence-corrected chi connectivity index (χ3v) is 5.01. The summed E-state index contributed by atoms with van der Waals surface area (Å²) in [4.78, 5) is 15.4. The first-order valence-corrected chi connectivity index (χ1v) is 9.18. The van der Waals surface area contributed by atoms with E-state index in [-0.39, 0.29) is 17.7 Å². The van der Waals surface area contributed by atoms with E-state index in [2.05, 4.69) is 25.9 Å². The summed E-state index contributed by atoms with van der Waals surface area (Å²) in [7, 11) is 0. The Hall–Kier alpha value is -2.86. The van der Waals surface area contributed by atoms with Gasteiger partial charge in [0.25, 0.3) is 0 Å². The molecule has 0 saturated carbocycles. The number of benzene rings is 1. The van der Waals surface area contributed by atoms with Crippen molar-refractivity contribution in [3.05, 3.63) is 72.1 Å². The summed E-state index contributed by atoms with van der Waals surface area (Å²) in [5.41, 5.74) is 9.89. The van der Waals surface area contributed by atoms with Crippen LogP contribution in [0.1, 0.15) is 30.0 Å². The summed E-state index contributed by atoms with van der Waals surface area (Å²) in [6.07, 6.45) is 7.61. The second-order valence-electron chi connectivity index (χ2n) is 6.97. The number of aromatic nitrogens is 3. The van der Waals surface area contributed by atoms with E-state index in [1.165, 1.54) is 17.7 Å². The normalized spacial score (nSPS) is 17.7. The first-order chi connectivity index (χ1) is 13.2. The van der Waals surface area contributed by atoms with E-state index in [1.54, 1.807) is 24.5 Å². The smallest absolute Gasteiger partial charge is 0.220 e. The maximum absolute atomic E-state index is 13.3. The van der Waals surface area contributed by atoms with Crippen molar-refractivity contribution in [3.8, 4) is 11.1 Å². The van der Waals surface area contributed by atoms with Gasteiger partial charge in [0.2, 0.25) is 5.95 Å². The molecule has 0 amide bonds. The van der Waals surface area contributed by atoms with Crippen LogP contribution in [0, 0.1) is 5.82 Å². The number of nitrogens with zero attached hydrogens (tertiary/aromatic N) is 4. The molecule has 6 heteroatoms. The van der Waals surface area contributed by atoms with E-state index >= 15 is 0 Å². The van der Waals surface area contributed by atoms with Crippen LogP contribution >= 0.6 is 0 Å². The molecule has 138 valence electrons. The second kappa shape index (κ2) is 7.80. The Morgan fingerprint density at radius 3 is 2.78 bits per heavy atom. The van der Waals surface area contributed by atoms with Crippen LogP contribution in [0.4, 0.5) is 10.3 Å². The topological polar surface area (TPSA) is 67.9 Å². The predicted molar refractivity (Wildman–Crippen MR) is 103 cm³/mol. The molecular weight excluding hydrogens is 341 g/mol. The van der Waals surface area contributed by atoms with Gasteiger partial charge in [-0.15, -0.1) is 0 Å². The number of likely N-dealkylation sites (tertiary alicyclic amines) is 1. The van der Waals surface area contributed by atoms with E-state index < -0.39 is 0 Å². The molecule has 1 aromatic carbocycles. The zero-order valence-corrected chi connectivity index (χ0v) is 15.1. The van der Waals surface area contributed by atoms with Gasteiger partial charge in [-0.25, -0.2) is 14.4 Å². The van der Waals surface area contributed by atoms with Crippen LogP contribution in [0.25, 0.3) is 11.1 Å². The second-order valence-corrected chi connectivity index (χ2v) is 6.97. The zero-order valence-electron chi connectivity index (χ0n) is 15.1. The van der Waals surface area contributed by atoms with Gasteiger partial charge in [0, 0.05) is 43.2 Å². The summed E-state index contributed by atoms with van der Waals surface area (Å²) in [6, 6.07) is 10.5. The molecule has 5 nitrogen and oxygen atoms in total. The summed E-state index contributed by atoms with van der Waals surface area (Å²) < 4.78 is 13.3. The molecule has 0 aliphatic carbocycles. The van der Waals surface area contributed by atoms with Crippen molar-refractivity contribution in [2.24, 2.45) is 0 Å². The van der Waals surface area contributed by atoms with Crippen LogP contribution in [0.2, 0.25) is 0 Å². The molecule has 1 unspecified atom stereocenters. The van der Waals surface area contributed by atoms with Crippen LogP contribution in [0.3, 0.4) is 0 Å². The van der Waals surface area contributed by atoms with Crippen LogP contribution in [0.15, 0.2) is 55.0 Å². The number of piperidine rings is 1. The number of rotatable bonds is 4. The van der Waals surface area contributed by atoms with Crippen LogP contribution in [0.5, 0.6) is 0 Å². The third kappa shape index (κ3) is 4.11. The summed E-state index contributed by atoms with van der Waals surface area (Å²) in [5.74, 6) is 0.290. The number of anilines is 1. The highest BCUT2D eigenvalue weighted by Crippen LogP contribution is 2.33. The van der Waals surface area contributed by atoms with Crippen molar-refractivity contribution in [2.75, 3.05) is 18.8 Å². The molecule has 1 aliphatic rings. The Balaban J connectivity index is 1.60. The highest BCUT2D eigenvalue weighted by Gasteiger charge is 2.25. The largest absolute Gasteiger partial charge is 0.368 e. The first kappa shape index (κ1) is 17.5. The molecule has 27 heavy (non-hydrogen) atoms. The van der Waals surface area contributed by atoms with Crippen molar-refractivity contribution in [3.63, 3.8) is 0 Å². The van der Waals surface area contributed by atoms with Gasteiger partial charge in [0.05, 0.1) is 5.69 Å². The van der Waals surface area contributed by atoms with Gasteiger partial charge in [0.15, 0.2) is 0 Å². The van der Waals surface area contributed by atoms with Gasteiger partial charge in [-0.3, -0.25) is 9.88 Å². The molecule has 1 aliphatic heterocycles. The summed E-state index contributed by atoms with van der Waals surface area (Å²) in [6.45, 7) is 2.83. The lowest BCUT2D eigenvalue weighted by molar-refractivity contribution is 0.198. The van der Waals surface area contributed by atoms with Gasteiger partial charge in [-0.1, -0.05) is 18.2 Å². The van der Waals surface area contributed by atoms with Crippen molar-refractivity contribution in [1.82, 2.24) is 19.9 Å². The molecule has 2 aromatic heterocycles. The highest BCUT2D eigenvalue weighted by molar-refractivity contribution is 5.66. The van der Waals surface area contributed by atoms with Gasteiger partial charge in [-0.05, 0) is 48.7 Å². The molecule has 0 spiro atoms. The van der Waals surface area contributed by atoms with Crippen molar-refractivity contribution in [1.29, 1.82) is 0 Å².